The van der Waals surface area contributed by atoms with Crippen LogP contribution in [0, 0.1) is 29.3 Å². The molecule has 0 fully saturated rings. The van der Waals surface area contributed by atoms with Crippen molar-refractivity contribution in [1.29, 1.82) is 0 Å². The number of hydrogen-bond donors (Lipinski definition) is 1. The normalized spacial score (nSPS) is 10.4. The van der Waals surface area contributed by atoms with Crippen LogP contribution in [0.25, 0.3) is 10.2 Å². The van der Waals surface area contributed by atoms with Crippen molar-refractivity contribution >= 4 is 27.4 Å². The van der Waals surface area contributed by atoms with Gasteiger partial charge in [0, 0.05) is 18.5 Å². The molecule has 23 heavy (non-hydrogen) atoms. The van der Waals surface area contributed by atoms with E-state index in [-0.39, 0.29) is 5.56 Å². The Balaban J connectivity index is 1.61. The minimum atomic E-state index is -1.49. The Hall–Kier alpha value is -2.59. The fraction of sp³-hybridized carbons (Fsp3) is 0.125. The summed E-state index contributed by atoms with van der Waals surface area (Å²) >= 11 is 1.53. The third-order valence-corrected chi connectivity index (χ3v) is 3.84. The Kier molecular flexibility index (Phi) is 4.44. The molecule has 0 unspecified atom stereocenters. The molecule has 0 atom stereocenters. The van der Waals surface area contributed by atoms with E-state index in [4.69, 9.17) is 0 Å². The van der Waals surface area contributed by atoms with Gasteiger partial charge in [0.15, 0.2) is 17.5 Å². The monoisotopic (exact) mass is 333 g/mol. The standard InChI is InChI=1S/C16H10F3N3S/c17-12-7-10(8-13(18)14(12)19)3-1-2-5-20-15-11-4-6-23-16(11)22-9-21-15/h4,6-9H,2,5H2,(H,20,21,22). The molecule has 0 amide bonds. The molecule has 0 bridgehead atoms. The zero-order valence-electron chi connectivity index (χ0n) is 11.7. The summed E-state index contributed by atoms with van der Waals surface area (Å²) in [6.07, 6.45) is 1.92. The number of hydrogen-bond acceptors (Lipinski definition) is 4. The lowest BCUT2D eigenvalue weighted by molar-refractivity contribution is 0.446. The maximum Gasteiger partial charge on any atom is 0.194 e. The van der Waals surface area contributed by atoms with E-state index < -0.39 is 17.5 Å². The maximum absolute atomic E-state index is 13.0. The van der Waals surface area contributed by atoms with Gasteiger partial charge in [-0.3, -0.25) is 0 Å². The summed E-state index contributed by atoms with van der Waals surface area (Å²) in [6.45, 7) is 0.515. The van der Waals surface area contributed by atoms with E-state index in [9.17, 15) is 13.2 Å². The number of nitrogens with zero attached hydrogens (tertiary/aromatic N) is 2. The SMILES string of the molecule is Fc1cc(C#CCCNc2ncnc3sccc23)cc(F)c1F. The molecule has 0 aliphatic heterocycles. The molecule has 0 saturated heterocycles. The lowest BCUT2D eigenvalue weighted by atomic mass is 10.2. The third-order valence-electron chi connectivity index (χ3n) is 3.02. The molecule has 3 nitrogen and oxygen atoms in total. The van der Waals surface area contributed by atoms with Crippen LogP contribution in [-0.4, -0.2) is 16.5 Å². The molecule has 3 aromatic rings. The van der Waals surface area contributed by atoms with Crippen LogP contribution in [0.15, 0.2) is 29.9 Å². The Morgan fingerprint density at radius 3 is 2.70 bits per heavy atom. The molecule has 1 aromatic carbocycles. The van der Waals surface area contributed by atoms with E-state index in [1.54, 1.807) is 0 Å². The first-order valence-corrected chi connectivity index (χ1v) is 7.58. The third kappa shape index (κ3) is 3.43. The zero-order chi connectivity index (χ0) is 16.2. The predicted molar refractivity (Wildman–Crippen MR) is 83.7 cm³/mol. The van der Waals surface area contributed by atoms with E-state index in [1.165, 1.54) is 17.7 Å². The van der Waals surface area contributed by atoms with Gasteiger partial charge < -0.3 is 5.32 Å². The first-order valence-electron chi connectivity index (χ1n) is 6.70. The van der Waals surface area contributed by atoms with Crippen LogP contribution in [0.2, 0.25) is 0 Å². The van der Waals surface area contributed by atoms with Gasteiger partial charge in [0.1, 0.15) is 17.0 Å². The highest BCUT2D eigenvalue weighted by molar-refractivity contribution is 7.16. The Morgan fingerprint density at radius 1 is 1.13 bits per heavy atom. The topological polar surface area (TPSA) is 37.8 Å². The highest BCUT2D eigenvalue weighted by Gasteiger charge is 2.09. The van der Waals surface area contributed by atoms with E-state index in [1.807, 2.05) is 11.4 Å². The minimum absolute atomic E-state index is 0.101. The van der Waals surface area contributed by atoms with Gasteiger partial charge in [0.05, 0.1) is 5.39 Å². The van der Waals surface area contributed by atoms with Crippen molar-refractivity contribution < 1.29 is 13.2 Å². The summed E-state index contributed by atoms with van der Waals surface area (Å²) < 4.78 is 38.9. The van der Waals surface area contributed by atoms with Crippen LogP contribution in [0.1, 0.15) is 12.0 Å². The van der Waals surface area contributed by atoms with Crippen molar-refractivity contribution in [3.8, 4) is 11.8 Å². The largest absolute Gasteiger partial charge is 0.368 e. The second-order valence-electron chi connectivity index (χ2n) is 4.59. The maximum atomic E-state index is 13.0. The number of halogens is 3. The van der Waals surface area contributed by atoms with Gasteiger partial charge in [0.25, 0.3) is 0 Å². The van der Waals surface area contributed by atoms with Crippen molar-refractivity contribution in [1.82, 2.24) is 9.97 Å². The quantitative estimate of drug-likeness (QED) is 0.448. The van der Waals surface area contributed by atoms with Gasteiger partial charge in [-0.15, -0.1) is 11.3 Å². The predicted octanol–water partition coefficient (Wildman–Crippen LogP) is 3.96. The fourth-order valence-electron chi connectivity index (χ4n) is 1.97. The number of aromatic nitrogens is 2. The number of thiophene rings is 1. The molecule has 2 heterocycles. The zero-order valence-corrected chi connectivity index (χ0v) is 12.6. The van der Waals surface area contributed by atoms with E-state index >= 15 is 0 Å². The number of anilines is 1. The summed E-state index contributed by atoms with van der Waals surface area (Å²) in [7, 11) is 0. The lowest BCUT2D eigenvalue weighted by Crippen LogP contribution is -2.02. The van der Waals surface area contributed by atoms with Gasteiger partial charge >= 0.3 is 0 Å². The Morgan fingerprint density at radius 2 is 1.91 bits per heavy atom. The van der Waals surface area contributed by atoms with Crippen molar-refractivity contribution in [3.63, 3.8) is 0 Å². The molecule has 2 aromatic heterocycles. The summed E-state index contributed by atoms with van der Waals surface area (Å²) in [4.78, 5) is 9.20. The molecule has 1 N–H and O–H groups in total. The molecule has 116 valence electrons. The highest BCUT2D eigenvalue weighted by atomic mass is 32.1. The number of rotatable bonds is 3. The van der Waals surface area contributed by atoms with E-state index in [2.05, 4.69) is 27.1 Å². The number of fused-ring (bicyclic) bond motifs is 1. The molecule has 0 spiro atoms. The molecular formula is C16H10F3N3S. The molecule has 3 rings (SSSR count). The van der Waals surface area contributed by atoms with Crippen LogP contribution in [0.3, 0.4) is 0 Å². The van der Waals surface area contributed by atoms with Crippen molar-refractivity contribution in [2.45, 2.75) is 6.42 Å². The summed E-state index contributed by atoms with van der Waals surface area (Å²) in [5, 5.41) is 6.01. The van der Waals surface area contributed by atoms with Crippen LogP contribution < -0.4 is 5.32 Å². The first-order chi connectivity index (χ1) is 11.1. The van der Waals surface area contributed by atoms with Crippen molar-refractivity contribution in [2.75, 3.05) is 11.9 Å². The van der Waals surface area contributed by atoms with Crippen LogP contribution in [-0.2, 0) is 0 Å². The Labute approximate surface area is 134 Å². The summed E-state index contributed by atoms with van der Waals surface area (Å²) in [6, 6.07) is 3.67. The van der Waals surface area contributed by atoms with Crippen LogP contribution >= 0.6 is 11.3 Å². The highest BCUT2D eigenvalue weighted by Crippen LogP contribution is 2.23. The second kappa shape index (κ2) is 6.67. The molecule has 0 aliphatic carbocycles. The number of benzene rings is 1. The summed E-state index contributed by atoms with van der Waals surface area (Å²) in [5.74, 6) is 2.13. The lowest BCUT2D eigenvalue weighted by Gasteiger charge is -2.03. The molecule has 7 heteroatoms. The van der Waals surface area contributed by atoms with Gasteiger partial charge in [-0.2, -0.15) is 0 Å². The van der Waals surface area contributed by atoms with Crippen LogP contribution in [0.4, 0.5) is 19.0 Å². The van der Waals surface area contributed by atoms with Gasteiger partial charge in [0.2, 0.25) is 0 Å². The molecule has 0 radical (unpaired) electrons. The summed E-state index contributed by atoms with van der Waals surface area (Å²) in [5.41, 5.74) is 0.101. The average Bonchev–Trinajstić information content (AvgIpc) is 3.01. The minimum Gasteiger partial charge on any atom is -0.368 e. The fourth-order valence-corrected chi connectivity index (χ4v) is 2.70. The van der Waals surface area contributed by atoms with E-state index in [0.29, 0.717) is 13.0 Å². The van der Waals surface area contributed by atoms with Gasteiger partial charge in [-0.05, 0) is 23.6 Å². The average molecular weight is 333 g/mol. The molecule has 0 saturated carbocycles. The number of nitrogens with one attached hydrogen (secondary N) is 1. The first kappa shape index (κ1) is 15.3. The molecular weight excluding hydrogens is 323 g/mol. The van der Waals surface area contributed by atoms with Crippen molar-refractivity contribution in [2.24, 2.45) is 0 Å². The second-order valence-corrected chi connectivity index (χ2v) is 5.49. The van der Waals surface area contributed by atoms with Gasteiger partial charge in [-0.25, -0.2) is 23.1 Å². The smallest absolute Gasteiger partial charge is 0.194 e. The Bertz CT molecular complexity index is 889. The van der Waals surface area contributed by atoms with Crippen LogP contribution in [0.5, 0.6) is 0 Å². The van der Waals surface area contributed by atoms with Crippen molar-refractivity contribution in [3.05, 3.63) is 52.9 Å². The molecule has 0 aliphatic rings. The van der Waals surface area contributed by atoms with E-state index in [0.717, 1.165) is 28.2 Å². The van der Waals surface area contributed by atoms with Gasteiger partial charge in [-0.1, -0.05) is 11.8 Å².